The van der Waals surface area contributed by atoms with Crippen LogP contribution in [0.25, 0.3) is 0 Å². The topological polar surface area (TPSA) is 12.9 Å². The highest BCUT2D eigenvalue weighted by Gasteiger charge is 2.04. The molecule has 0 spiro atoms. The molecule has 60 valence electrons. The van der Waals surface area contributed by atoms with E-state index in [0.29, 0.717) is 5.69 Å². The van der Waals surface area contributed by atoms with E-state index < -0.39 is 6.17 Å². The molecule has 0 aromatic carbocycles. The maximum absolute atomic E-state index is 12.7. The monoisotopic (exact) mass is 153 g/mol. The minimum Gasteiger partial charge on any atom is -0.255 e. The van der Waals surface area contributed by atoms with Gasteiger partial charge < -0.3 is 0 Å². The Morgan fingerprint density at radius 1 is 1.36 bits per heavy atom. The quantitative estimate of drug-likeness (QED) is 0.604. The van der Waals surface area contributed by atoms with Gasteiger partial charge in [0, 0.05) is 5.69 Å². The predicted molar refractivity (Wildman–Crippen MR) is 43.2 cm³/mol. The zero-order chi connectivity index (χ0) is 8.43. The van der Waals surface area contributed by atoms with Gasteiger partial charge in [-0.15, -0.1) is 0 Å². The number of hydrogen-bond donors (Lipinski definition) is 0. The molecule has 1 heterocycles. The zero-order valence-electron chi connectivity index (χ0n) is 7.06. The Morgan fingerprint density at radius 3 is 2.45 bits per heavy atom. The van der Waals surface area contributed by atoms with Crippen molar-refractivity contribution in [1.82, 2.24) is 4.98 Å². The summed E-state index contributed by atoms with van der Waals surface area (Å²) in [6, 6.07) is 3.63. The molecule has 0 fully saturated rings. The highest BCUT2D eigenvalue weighted by molar-refractivity contribution is 5.21. The van der Waals surface area contributed by atoms with Crippen LogP contribution in [0, 0.1) is 13.8 Å². The van der Waals surface area contributed by atoms with Crippen LogP contribution in [0.4, 0.5) is 4.39 Å². The maximum Gasteiger partial charge on any atom is 0.139 e. The number of hydrogen-bond acceptors (Lipinski definition) is 1. The standard InChI is InChI=1S/C9H12FN/c1-6-4-5-9(7(2)10)11-8(6)3/h4-5,7H,1-3H3. The number of pyridine rings is 1. The molecule has 0 N–H and O–H groups in total. The van der Waals surface area contributed by atoms with Crippen LogP contribution in [0.5, 0.6) is 0 Å². The van der Waals surface area contributed by atoms with Gasteiger partial charge in [0.2, 0.25) is 0 Å². The molecule has 1 aromatic heterocycles. The summed E-state index contributed by atoms with van der Waals surface area (Å²) in [4.78, 5) is 4.10. The van der Waals surface area contributed by atoms with Gasteiger partial charge in [-0.2, -0.15) is 0 Å². The van der Waals surface area contributed by atoms with Crippen LogP contribution in [0.15, 0.2) is 12.1 Å². The first-order valence-corrected chi connectivity index (χ1v) is 3.69. The van der Waals surface area contributed by atoms with Crippen molar-refractivity contribution >= 4 is 0 Å². The van der Waals surface area contributed by atoms with E-state index in [1.807, 2.05) is 19.9 Å². The highest BCUT2D eigenvalue weighted by Crippen LogP contribution is 2.15. The smallest absolute Gasteiger partial charge is 0.139 e. The number of rotatable bonds is 1. The van der Waals surface area contributed by atoms with Gasteiger partial charge in [-0.1, -0.05) is 6.07 Å². The second-order valence-corrected chi connectivity index (χ2v) is 2.75. The van der Waals surface area contributed by atoms with E-state index in [1.165, 1.54) is 6.92 Å². The third-order valence-corrected chi connectivity index (χ3v) is 1.78. The molecule has 0 aliphatic carbocycles. The molecule has 0 amide bonds. The molecule has 0 aliphatic heterocycles. The molecule has 1 rings (SSSR count). The van der Waals surface area contributed by atoms with E-state index in [4.69, 9.17) is 0 Å². The summed E-state index contributed by atoms with van der Waals surface area (Å²) < 4.78 is 12.7. The van der Waals surface area contributed by atoms with Crippen LogP contribution in [0.2, 0.25) is 0 Å². The van der Waals surface area contributed by atoms with Crippen LogP contribution in [0.3, 0.4) is 0 Å². The SMILES string of the molecule is Cc1ccc(C(C)F)nc1C. The van der Waals surface area contributed by atoms with Gasteiger partial charge in [0.15, 0.2) is 0 Å². The lowest BCUT2D eigenvalue weighted by molar-refractivity contribution is 0.365. The van der Waals surface area contributed by atoms with Crippen molar-refractivity contribution in [2.45, 2.75) is 26.9 Å². The first-order valence-electron chi connectivity index (χ1n) is 3.69. The molecule has 11 heavy (non-hydrogen) atoms. The Hall–Kier alpha value is -0.920. The largest absolute Gasteiger partial charge is 0.255 e. The lowest BCUT2D eigenvalue weighted by atomic mass is 10.2. The predicted octanol–water partition coefficient (Wildman–Crippen LogP) is 2.73. The van der Waals surface area contributed by atoms with Gasteiger partial charge in [-0.3, -0.25) is 4.98 Å². The van der Waals surface area contributed by atoms with Crippen molar-refractivity contribution in [3.63, 3.8) is 0 Å². The number of halogens is 1. The van der Waals surface area contributed by atoms with Crippen molar-refractivity contribution in [1.29, 1.82) is 0 Å². The van der Waals surface area contributed by atoms with E-state index >= 15 is 0 Å². The van der Waals surface area contributed by atoms with Crippen molar-refractivity contribution in [3.8, 4) is 0 Å². The van der Waals surface area contributed by atoms with Crippen LogP contribution >= 0.6 is 0 Å². The molecule has 0 aliphatic rings. The highest BCUT2D eigenvalue weighted by atomic mass is 19.1. The third-order valence-electron chi connectivity index (χ3n) is 1.78. The van der Waals surface area contributed by atoms with Gasteiger partial charge >= 0.3 is 0 Å². The normalized spacial score (nSPS) is 13.1. The summed E-state index contributed by atoms with van der Waals surface area (Å²) in [7, 11) is 0. The lowest BCUT2D eigenvalue weighted by Crippen LogP contribution is -1.94. The minimum absolute atomic E-state index is 0.521. The molecule has 2 heteroatoms. The summed E-state index contributed by atoms with van der Waals surface area (Å²) in [5.74, 6) is 0. The molecular weight excluding hydrogens is 141 g/mol. The average molecular weight is 153 g/mol. The van der Waals surface area contributed by atoms with Gasteiger partial charge in [-0.25, -0.2) is 4.39 Å². The minimum atomic E-state index is -0.964. The summed E-state index contributed by atoms with van der Waals surface area (Å²) in [5, 5.41) is 0. The van der Waals surface area contributed by atoms with Crippen LogP contribution in [0.1, 0.15) is 30.0 Å². The Balaban J connectivity index is 3.05. The number of alkyl halides is 1. The lowest BCUT2D eigenvalue weighted by Gasteiger charge is -2.03. The summed E-state index contributed by atoms with van der Waals surface area (Å²) in [5.41, 5.74) is 2.54. The molecule has 0 bridgehead atoms. The van der Waals surface area contributed by atoms with Crippen LogP contribution < -0.4 is 0 Å². The van der Waals surface area contributed by atoms with E-state index in [2.05, 4.69) is 4.98 Å². The molecule has 1 nitrogen and oxygen atoms in total. The third kappa shape index (κ3) is 1.76. The summed E-state index contributed by atoms with van der Waals surface area (Å²) in [6.07, 6.45) is -0.964. The maximum atomic E-state index is 12.7. The molecule has 1 aromatic rings. The van der Waals surface area contributed by atoms with E-state index in [0.717, 1.165) is 11.3 Å². The van der Waals surface area contributed by atoms with Crippen molar-refractivity contribution < 1.29 is 4.39 Å². The number of aromatic nitrogens is 1. The van der Waals surface area contributed by atoms with E-state index in [9.17, 15) is 4.39 Å². The zero-order valence-corrected chi connectivity index (χ0v) is 7.06. The Labute approximate surface area is 66.3 Å². The Morgan fingerprint density at radius 2 is 2.00 bits per heavy atom. The summed E-state index contributed by atoms with van der Waals surface area (Å²) in [6.45, 7) is 5.35. The molecule has 1 atom stereocenters. The second kappa shape index (κ2) is 2.99. The van der Waals surface area contributed by atoms with Crippen molar-refractivity contribution in [3.05, 3.63) is 29.1 Å². The van der Waals surface area contributed by atoms with Crippen LogP contribution in [-0.2, 0) is 0 Å². The fourth-order valence-electron chi connectivity index (χ4n) is 0.872. The molecule has 0 radical (unpaired) electrons. The molecule has 0 saturated carbocycles. The Bertz CT molecular complexity index is 256. The molecule has 0 saturated heterocycles. The fraction of sp³-hybridized carbons (Fsp3) is 0.444. The fourth-order valence-corrected chi connectivity index (χ4v) is 0.872. The number of aryl methyl sites for hydroxylation is 2. The van der Waals surface area contributed by atoms with Gasteiger partial charge in [0.25, 0.3) is 0 Å². The van der Waals surface area contributed by atoms with Gasteiger partial charge in [0.1, 0.15) is 6.17 Å². The van der Waals surface area contributed by atoms with E-state index in [-0.39, 0.29) is 0 Å². The van der Waals surface area contributed by atoms with Crippen molar-refractivity contribution in [2.75, 3.05) is 0 Å². The van der Waals surface area contributed by atoms with E-state index in [1.54, 1.807) is 6.07 Å². The van der Waals surface area contributed by atoms with Gasteiger partial charge in [0.05, 0.1) is 5.69 Å². The molecule has 1 unspecified atom stereocenters. The summed E-state index contributed by atoms with van der Waals surface area (Å²) >= 11 is 0. The molecular formula is C9H12FN. The van der Waals surface area contributed by atoms with Crippen molar-refractivity contribution in [2.24, 2.45) is 0 Å². The first-order chi connectivity index (χ1) is 5.11. The number of nitrogens with zero attached hydrogens (tertiary/aromatic N) is 1. The van der Waals surface area contributed by atoms with Gasteiger partial charge in [-0.05, 0) is 32.4 Å². The van der Waals surface area contributed by atoms with Crippen LogP contribution in [-0.4, -0.2) is 4.98 Å². The Kier molecular flexibility index (Phi) is 2.22. The second-order valence-electron chi connectivity index (χ2n) is 2.75. The average Bonchev–Trinajstić information content (AvgIpc) is 1.94. The first kappa shape index (κ1) is 8.18.